The van der Waals surface area contributed by atoms with Gasteiger partial charge in [0.2, 0.25) is 0 Å². The van der Waals surface area contributed by atoms with Crippen LogP contribution in [0.15, 0.2) is 0 Å². The van der Waals surface area contributed by atoms with E-state index in [4.69, 9.17) is 23.7 Å². The van der Waals surface area contributed by atoms with Gasteiger partial charge in [-0.15, -0.1) is 0 Å². The maximum atomic E-state index is 11.7. The van der Waals surface area contributed by atoms with Crippen LogP contribution in [0.25, 0.3) is 0 Å². The van der Waals surface area contributed by atoms with E-state index in [2.05, 4.69) is 0 Å². The van der Waals surface area contributed by atoms with E-state index in [1.807, 2.05) is 20.8 Å². The van der Waals surface area contributed by atoms with Gasteiger partial charge < -0.3 is 23.7 Å². The van der Waals surface area contributed by atoms with Crippen LogP contribution in [0.1, 0.15) is 27.2 Å². The van der Waals surface area contributed by atoms with Crippen molar-refractivity contribution in [1.29, 1.82) is 0 Å². The second kappa shape index (κ2) is 13.0. The molecule has 0 heterocycles. The molecule has 0 N–H and O–H groups in total. The average Bonchev–Trinajstić information content (AvgIpc) is 2.48. The van der Waals surface area contributed by atoms with E-state index in [0.717, 1.165) is 6.42 Å². The third kappa shape index (κ3) is 11.6. The van der Waals surface area contributed by atoms with E-state index in [1.165, 1.54) is 0 Å². The third-order valence-corrected chi connectivity index (χ3v) is 3.07. The van der Waals surface area contributed by atoms with Crippen LogP contribution in [0.3, 0.4) is 0 Å². The number of carbonyl (C=O) groups excluding carboxylic acids is 1. The minimum absolute atomic E-state index is 0.182. The van der Waals surface area contributed by atoms with Crippen LogP contribution in [-0.4, -0.2) is 65.9 Å². The zero-order chi connectivity index (χ0) is 16.0. The molecule has 0 aromatic rings. The zero-order valence-corrected chi connectivity index (χ0v) is 13.8. The molecule has 0 aliphatic heterocycles. The molecule has 6 heteroatoms. The first-order valence-corrected chi connectivity index (χ1v) is 7.44. The van der Waals surface area contributed by atoms with Crippen LogP contribution >= 0.6 is 0 Å². The molecule has 0 fully saturated rings. The van der Waals surface area contributed by atoms with E-state index in [1.54, 1.807) is 7.11 Å². The average molecular weight is 306 g/mol. The molecule has 0 saturated heterocycles. The molecule has 0 bridgehead atoms. The van der Waals surface area contributed by atoms with Gasteiger partial charge in [0.1, 0.15) is 6.61 Å². The van der Waals surface area contributed by atoms with E-state index >= 15 is 0 Å². The molecule has 6 nitrogen and oxygen atoms in total. The standard InChI is InChI=1S/C15H30O6/c1-5-15(2,3)14(16)21-13-12-20-11-10-19-9-8-18-7-6-17-4/h5-13H2,1-4H3. The normalized spacial score (nSPS) is 11.6. The Morgan fingerprint density at radius 3 is 1.67 bits per heavy atom. The molecule has 0 amide bonds. The predicted molar refractivity (Wildman–Crippen MR) is 79.4 cm³/mol. The molecule has 126 valence electrons. The van der Waals surface area contributed by atoms with Crippen LogP contribution in [0, 0.1) is 5.41 Å². The van der Waals surface area contributed by atoms with Crippen molar-refractivity contribution >= 4 is 5.97 Å². The largest absolute Gasteiger partial charge is 0.463 e. The molecule has 0 aromatic carbocycles. The fraction of sp³-hybridized carbons (Fsp3) is 0.933. The second-order valence-corrected chi connectivity index (χ2v) is 5.20. The molecule has 0 atom stereocenters. The summed E-state index contributed by atoms with van der Waals surface area (Å²) in [4.78, 5) is 11.7. The van der Waals surface area contributed by atoms with E-state index in [9.17, 15) is 4.79 Å². The van der Waals surface area contributed by atoms with Crippen molar-refractivity contribution in [2.24, 2.45) is 5.41 Å². The van der Waals surface area contributed by atoms with Gasteiger partial charge >= 0.3 is 5.97 Å². The van der Waals surface area contributed by atoms with E-state index in [-0.39, 0.29) is 12.6 Å². The summed E-state index contributed by atoms with van der Waals surface area (Å²) in [5.41, 5.74) is -0.425. The van der Waals surface area contributed by atoms with Gasteiger partial charge in [-0.2, -0.15) is 0 Å². The molecule has 0 radical (unpaired) electrons. The van der Waals surface area contributed by atoms with Crippen molar-refractivity contribution in [2.75, 3.05) is 60.0 Å². The fourth-order valence-corrected chi connectivity index (χ4v) is 1.22. The Kier molecular flexibility index (Phi) is 12.6. The van der Waals surface area contributed by atoms with Gasteiger partial charge in [0.25, 0.3) is 0 Å². The smallest absolute Gasteiger partial charge is 0.311 e. The number of rotatable bonds is 14. The van der Waals surface area contributed by atoms with Gasteiger partial charge in [0, 0.05) is 7.11 Å². The molecule has 21 heavy (non-hydrogen) atoms. The van der Waals surface area contributed by atoms with Crippen molar-refractivity contribution in [3.63, 3.8) is 0 Å². The van der Waals surface area contributed by atoms with Crippen molar-refractivity contribution in [2.45, 2.75) is 27.2 Å². The van der Waals surface area contributed by atoms with Gasteiger partial charge in [0.05, 0.1) is 51.7 Å². The second-order valence-electron chi connectivity index (χ2n) is 5.20. The lowest BCUT2D eigenvalue weighted by atomic mass is 9.91. The summed E-state index contributed by atoms with van der Waals surface area (Å²) in [6, 6.07) is 0. The Labute approximate surface area is 128 Å². The Balaban J connectivity index is 3.25. The Bertz CT molecular complexity index is 255. The number of hydrogen-bond donors (Lipinski definition) is 0. The van der Waals surface area contributed by atoms with E-state index < -0.39 is 5.41 Å². The monoisotopic (exact) mass is 306 g/mol. The zero-order valence-electron chi connectivity index (χ0n) is 13.8. The van der Waals surface area contributed by atoms with Gasteiger partial charge in [-0.1, -0.05) is 6.92 Å². The molecule has 0 aliphatic carbocycles. The van der Waals surface area contributed by atoms with Gasteiger partial charge in [-0.25, -0.2) is 0 Å². The first-order valence-electron chi connectivity index (χ1n) is 7.44. The number of methoxy groups -OCH3 is 1. The van der Waals surface area contributed by atoms with Crippen LogP contribution in [0.2, 0.25) is 0 Å². The number of ether oxygens (including phenoxy) is 5. The van der Waals surface area contributed by atoms with Crippen molar-refractivity contribution in [3.05, 3.63) is 0 Å². The van der Waals surface area contributed by atoms with Gasteiger partial charge in [-0.05, 0) is 20.3 Å². The summed E-state index contributed by atoms with van der Waals surface area (Å²) in [5, 5.41) is 0. The minimum Gasteiger partial charge on any atom is -0.463 e. The highest BCUT2D eigenvalue weighted by molar-refractivity contribution is 5.75. The maximum absolute atomic E-state index is 11.7. The van der Waals surface area contributed by atoms with Crippen LogP contribution in [0.5, 0.6) is 0 Å². The highest BCUT2D eigenvalue weighted by Crippen LogP contribution is 2.21. The van der Waals surface area contributed by atoms with Crippen LogP contribution in [-0.2, 0) is 28.5 Å². The lowest BCUT2D eigenvalue weighted by Crippen LogP contribution is -2.27. The number of esters is 1. The van der Waals surface area contributed by atoms with Crippen LogP contribution in [0.4, 0.5) is 0 Å². The topological polar surface area (TPSA) is 63.2 Å². The summed E-state index contributed by atoms with van der Waals surface area (Å²) in [5.74, 6) is -0.182. The molecule has 0 spiro atoms. The van der Waals surface area contributed by atoms with Crippen molar-refractivity contribution in [1.82, 2.24) is 0 Å². The third-order valence-electron chi connectivity index (χ3n) is 3.07. The molecule has 0 rings (SSSR count). The summed E-state index contributed by atoms with van der Waals surface area (Å²) in [6.45, 7) is 9.62. The summed E-state index contributed by atoms with van der Waals surface area (Å²) in [7, 11) is 1.64. The lowest BCUT2D eigenvalue weighted by Gasteiger charge is -2.20. The van der Waals surface area contributed by atoms with Crippen LogP contribution < -0.4 is 0 Å². The molecule has 0 saturated carbocycles. The lowest BCUT2D eigenvalue weighted by molar-refractivity contribution is -0.155. The molecular formula is C15H30O6. The number of carbonyl (C=O) groups is 1. The van der Waals surface area contributed by atoms with Gasteiger partial charge in [0.15, 0.2) is 0 Å². The highest BCUT2D eigenvalue weighted by Gasteiger charge is 2.26. The Hall–Kier alpha value is -0.690. The highest BCUT2D eigenvalue weighted by atomic mass is 16.6. The molecule has 0 aromatic heterocycles. The van der Waals surface area contributed by atoms with Gasteiger partial charge in [-0.3, -0.25) is 4.79 Å². The number of hydrogen-bond acceptors (Lipinski definition) is 6. The summed E-state index contributed by atoms with van der Waals surface area (Å²) >= 11 is 0. The Morgan fingerprint density at radius 2 is 1.24 bits per heavy atom. The quantitative estimate of drug-likeness (QED) is 0.359. The molecule has 0 unspecified atom stereocenters. The SMILES string of the molecule is CCC(C)(C)C(=O)OCCOCCOCCOCCOC. The van der Waals surface area contributed by atoms with Crippen molar-refractivity contribution in [3.8, 4) is 0 Å². The Morgan fingerprint density at radius 1 is 0.810 bits per heavy atom. The summed E-state index contributed by atoms with van der Waals surface area (Å²) in [6.07, 6.45) is 0.757. The summed E-state index contributed by atoms with van der Waals surface area (Å²) < 4.78 is 25.9. The minimum atomic E-state index is -0.425. The first-order chi connectivity index (χ1) is 10.0. The predicted octanol–water partition coefficient (Wildman–Crippen LogP) is 1.66. The first kappa shape index (κ1) is 20.3. The molecular weight excluding hydrogens is 276 g/mol. The van der Waals surface area contributed by atoms with Crippen molar-refractivity contribution < 1.29 is 28.5 Å². The fourth-order valence-electron chi connectivity index (χ4n) is 1.22. The molecule has 0 aliphatic rings. The maximum Gasteiger partial charge on any atom is 0.311 e. The van der Waals surface area contributed by atoms with E-state index in [0.29, 0.717) is 46.2 Å².